The Morgan fingerprint density at radius 2 is 1.80 bits per heavy atom. The fourth-order valence-corrected chi connectivity index (χ4v) is 3.68. The first-order valence-electron chi connectivity index (χ1n) is 11.2. The molecular weight excluding hydrogens is 442 g/mol. The summed E-state index contributed by atoms with van der Waals surface area (Å²) < 4.78 is 11.3. The van der Waals surface area contributed by atoms with E-state index in [0.29, 0.717) is 31.0 Å². The SMILES string of the molecule is COc1ccc(NC/C(=C\c2ccc(C(=O)NO)cc2)CCOc2cccc3ccccc23)cn1. The minimum absolute atomic E-state index is 0.382. The topological polar surface area (TPSA) is 92.7 Å². The van der Waals surface area contributed by atoms with Crippen molar-refractivity contribution in [2.45, 2.75) is 6.42 Å². The number of hydrogen-bond donors (Lipinski definition) is 3. The van der Waals surface area contributed by atoms with Crippen LogP contribution in [0, 0.1) is 0 Å². The average molecular weight is 470 g/mol. The van der Waals surface area contributed by atoms with Gasteiger partial charge in [0.1, 0.15) is 5.75 Å². The number of benzene rings is 3. The molecule has 4 rings (SSSR count). The molecule has 0 aliphatic heterocycles. The lowest BCUT2D eigenvalue weighted by molar-refractivity contribution is 0.0706. The second-order valence-corrected chi connectivity index (χ2v) is 7.88. The van der Waals surface area contributed by atoms with Crippen molar-refractivity contribution < 1.29 is 19.5 Å². The van der Waals surface area contributed by atoms with E-state index in [1.54, 1.807) is 37.0 Å². The number of nitrogens with one attached hydrogen (secondary N) is 2. The highest BCUT2D eigenvalue weighted by Gasteiger charge is 2.06. The molecule has 1 aromatic heterocycles. The average Bonchev–Trinajstić information content (AvgIpc) is 2.92. The molecule has 35 heavy (non-hydrogen) atoms. The first-order chi connectivity index (χ1) is 17.2. The smallest absolute Gasteiger partial charge is 0.274 e. The van der Waals surface area contributed by atoms with Gasteiger partial charge >= 0.3 is 0 Å². The molecule has 0 aliphatic carbocycles. The van der Waals surface area contributed by atoms with Crippen LogP contribution in [-0.4, -0.2) is 36.4 Å². The van der Waals surface area contributed by atoms with Crippen molar-refractivity contribution in [3.8, 4) is 11.6 Å². The van der Waals surface area contributed by atoms with Gasteiger partial charge in [0.15, 0.2) is 0 Å². The van der Waals surface area contributed by atoms with Crippen LogP contribution in [0.15, 0.2) is 90.6 Å². The van der Waals surface area contributed by atoms with Gasteiger partial charge in [-0.15, -0.1) is 0 Å². The molecule has 7 nitrogen and oxygen atoms in total. The number of ether oxygens (including phenoxy) is 2. The number of methoxy groups -OCH3 is 1. The molecule has 0 radical (unpaired) electrons. The van der Waals surface area contributed by atoms with Crippen LogP contribution < -0.4 is 20.3 Å². The van der Waals surface area contributed by atoms with Gasteiger partial charge in [0.2, 0.25) is 5.88 Å². The number of rotatable bonds is 10. The Morgan fingerprint density at radius 1 is 1.00 bits per heavy atom. The molecule has 0 saturated carbocycles. The van der Waals surface area contributed by atoms with Crippen LogP contribution in [0.4, 0.5) is 5.69 Å². The zero-order valence-electron chi connectivity index (χ0n) is 19.4. The highest BCUT2D eigenvalue weighted by atomic mass is 16.5. The van der Waals surface area contributed by atoms with E-state index in [1.165, 1.54) is 0 Å². The maximum atomic E-state index is 11.6. The molecule has 7 heteroatoms. The quantitative estimate of drug-likeness (QED) is 0.215. The molecule has 0 atom stereocenters. The van der Waals surface area contributed by atoms with E-state index in [0.717, 1.165) is 33.3 Å². The van der Waals surface area contributed by atoms with Crippen LogP contribution >= 0.6 is 0 Å². The summed E-state index contributed by atoms with van der Waals surface area (Å²) >= 11 is 0. The zero-order valence-corrected chi connectivity index (χ0v) is 19.4. The van der Waals surface area contributed by atoms with Crippen LogP contribution in [0.2, 0.25) is 0 Å². The van der Waals surface area contributed by atoms with Gasteiger partial charge in [-0.3, -0.25) is 10.0 Å². The molecule has 3 N–H and O–H groups in total. The van der Waals surface area contributed by atoms with Crippen molar-refractivity contribution in [1.82, 2.24) is 10.5 Å². The van der Waals surface area contributed by atoms with Crippen molar-refractivity contribution in [1.29, 1.82) is 0 Å². The van der Waals surface area contributed by atoms with Gasteiger partial charge in [0, 0.05) is 30.0 Å². The van der Waals surface area contributed by atoms with Gasteiger partial charge in [-0.2, -0.15) is 0 Å². The Hall–Kier alpha value is -4.36. The van der Waals surface area contributed by atoms with Gasteiger partial charge in [-0.25, -0.2) is 10.5 Å². The van der Waals surface area contributed by atoms with Crippen LogP contribution in [0.3, 0.4) is 0 Å². The van der Waals surface area contributed by atoms with E-state index >= 15 is 0 Å². The summed E-state index contributed by atoms with van der Waals surface area (Å²) in [5, 5.41) is 14.4. The van der Waals surface area contributed by atoms with Crippen LogP contribution in [-0.2, 0) is 0 Å². The fourth-order valence-electron chi connectivity index (χ4n) is 3.68. The van der Waals surface area contributed by atoms with Gasteiger partial charge in [0.05, 0.1) is 25.6 Å². The molecular formula is C28H27N3O4. The van der Waals surface area contributed by atoms with Gasteiger partial charge in [-0.05, 0) is 40.8 Å². The summed E-state index contributed by atoms with van der Waals surface area (Å²) in [7, 11) is 1.59. The Balaban J connectivity index is 1.48. The van der Waals surface area contributed by atoms with Crippen LogP contribution in [0.1, 0.15) is 22.3 Å². The summed E-state index contributed by atoms with van der Waals surface area (Å²) in [6, 6.07) is 24.9. The predicted octanol–water partition coefficient (Wildman–Crippen LogP) is 5.33. The molecule has 4 aromatic rings. The molecule has 0 bridgehead atoms. The molecule has 0 spiro atoms. The van der Waals surface area contributed by atoms with Crippen molar-refractivity contribution in [2.24, 2.45) is 0 Å². The molecule has 0 fully saturated rings. The number of aromatic nitrogens is 1. The first-order valence-corrected chi connectivity index (χ1v) is 11.2. The Kier molecular flexibility index (Phi) is 7.93. The predicted molar refractivity (Wildman–Crippen MR) is 137 cm³/mol. The lowest BCUT2D eigenvalue weighted by atomic mass is 10.1. The number of carbonyl (C=O) groups excluding carboxylic acids is 1. The van der Waals surface area contributed by atoms with E-state index in [2.05, 4.69) is 34.6 Å². The third kappa shape index (κ3) is 6.37. The van der Waals surface area contributed by atoms with Crippen molar-refractivity contribution in [3.05, 3.63) is 102 Å². The monoisotopic (exact) mass is 469 g/mol. The third-order valence-electron chi connectivity index (χ3n) is 5.54. The summed E-state index contributed by atoms with van der Waals surface area (Å²) in [5.41, 5.74) is 4.96. The molecule has 0 aliphatic rings. The van der Waals surface area contributed by atoms with Gasteiger partial charge < -0.3 is 14.8 Å². The number of hydrogen-bond acceptors (Lipinski definition) is 6. The molecule has 178 valence electrons. The summed E-state index contributed by atoms with van der Waals surface area (Å²) in [4.78, 5) is 15.8. The molecule has 0 saturated heterocycles. The number of carbonyl (C=O) groups is 1. The van der Waals surface area contributed by atoms with Crippen molar-refractivity contribution in [3.63, 3.8) is 0 Å². The van der Waals surface area contributed by atoms with E-state index in [-0.39, 0.29) is 0 Å². The number of fused-ring (bicyclic) bond motifs is 1. The molecule has 1 heterocycles. The van der Waals surface area contributed by atoms with Crippen molar-refractivity contribution in [2.75, 3.05) is 25.6 Å². The standard InChI is InChI=1S/C28H27N3O4/c1-34-27-14-13-24(19-30-27)29-18-21(17-20-9-11-23(12-10-20)28(32)31-33)15-16-35-26-8-4-6-22-5-2-3-7-25(22)26/h2-14,17,19,29,33H,15-16,18H2,1H3,(H,31,32)/b21-17-. The maximum absolute atomic E-state index is 11.6. The highest BCUT2D eigenvalue weighted by molar-refractivity contribution is 5.93. The zero-order chi connectivity index (χ0) is 24.5. The second kappa shape index (κ2) is 11.7. The molecule has 0 unspecified atom stereocenters. The van der Waals surface area contributed by atoms with Crippen molar-refractivity contribution >= 4 is 28.4 Å². The number of hydroxylamine groups is 1. The van der Waals surface area contributed by atoms with E-state index < -0.39 is 5.91 Å². The molecule has 3 aromatic carbocycles. The molecule has 1 amide bonds. The van der Waals surface area contributed by atoms with E-state index in [1.807, 2.05) is 42.5 Å². The summed E-state index contributed by atoms with van der Waals surface area (Å²) in [6.07, 6.45) is 4.49. The lowest BCUT2D eigenvalue weighted by Crippen LogP contribution is -2.18. The Bertz CT molecular complexity index is 1300. The van der Waals surface area contributed by atoms with Crippen LogP contribution in [0.25, 0.3) is 16.8 Å². The first kappa shape index (κ1) is 23.8. The second-order valence-electron chi connectivity index (χ2n) is 7.88. The van der Waals surface area contributed by atoms with E-state index in [9.17, 15) is 4.79 Å². The lowest BCUT2D eigenvalue weighted by Gasteiger charge is -2.13. The Labute approximate surface area is 204 Å². The normalized spacial score (nSPS) is 11.2. The maximum Gasteiger partial charge on any atom is 0.274 e. The van der Waals surface area contributed by atoms with E-state index in [4.69, 9.17) is 14.7 Å². The third-order valence-corrected chi connectivity index (χ3v) is 5.54. The fraction of sp³-hybridized carbons (Fsp3) is 0.143. The number of anilines is 1. The van der Waals surface area contributed by atoms with Gasteiger partial charge in [0.25, 0.3) is 5.91 Å². The minimum atomic E-state index is -0.544. The minimum Gasteiger partial charge on any atom is -0.493 e. The largest absolute Gasteiger partial charge is 0.493 e. The highest BCUT2D eigenvalue weighted by Crippen LogP contribution is 2.25. The van der Waals surface area contributed by atoms with Gasteiger partial charge in [-0.1, -0.05) is 54.6 Å². The summed E-state index contributed by atoms with van der Waals surface area (Å²) in [5.74, 6) is 0.869. The van der Waals surface area contributed by atoms with Crippen LogP contribution in [0.5, 0.6) is 11.6 Å². The number of amides is 1. The number of pyridine rings is 1. The summed E-state index contributed by atoms with van der Waals surface area (Å²) in [6.45, 7) is 1.10. The Morgan fingerprint density at radius 3 is 2.54 bits per heavy atom. The number of nitrogens with zero attached hydrogens (tertiary/aromatic N) is 1.